The van der Waals surface area contributed by atoms with Gasteiger partial charge in [-0.25, -0.2) is 0 Å². The number of rotatable bonds is 5. The van der Waals surface area contributed by atoms with E-state index in [-0.39, 0.29) is 29.3 Å². The van der Waals surface area contributed by atoms with Gasteiger partial charge in [0.25, 0.3) is 5.91 Å². The molecule has 4 nitrogen and oxygen atoms in total. The van der Waals surface area contributed by atoms with Gasteiger partial charge in [-0.1, -0.05) is 48.5 Å². The van der Waals surface area contributed by atoms with Crippen molar-refractivity contribution in [3.8, 4) is 0 Å². The number of amides is 2. The molecule has 2 aromatic carbocycles. The van der Waals surface area contributed by atoms with Crippen LogP contribution in [0.3, 0.4) is 0 Å². The minimum atomic E-state index is -0.385. The maximum absolute atomic E-state index is 12.8. The van der Waals surface area contributed by atoms with Crippen LogP contribution in [-0.4, -0.2) is 34.6 Å². The zero-order valence-electron chi connectivity index (χ0n) is 14.7. The molecule has 0 radical (unpaired) electrons. The fourth-order valence-corrected chi connectivity index (χ4v) is 5.15. The Kier molecular flexibility index (Phi) is 4.72. The average Bonchev–Trinajstić information content (AvgIpc) is 3.22. The van der Waals surface area contributed by atoms with Crippen molar-refractivity contribution in [1.82, 2.24) is 10.2 Å². The van der Waals surface area contributed by atoms with E-state index < -0.39 is 0 Å². The first-order chi connectivity index (χ1) is 12.6. The predicted molar refractivity (Wildman–Crippen MR) is 104 cm³/mol. The number of carbonyl (C=O) groups excluding carboxylic acids is 2. The smallest absolute Gasteiger partial charge is 0.256 e. The first kappa shape index (κ1) is 17.2. The lowest BCUT2D eigenvalue weighted by molar-refractivity contribution is -0.125. The third-order valence-electron chi connectivity index (χ3n) is 5.09. The lowest BCUT2D eigenvalue weighted by Crippen LogP contribution is -2.48. The molecule has 1 fully saturated rings. The van der Waals surface area contributed by atoms with Crippen LogP contribution in [-0.2, 0) is 11.2 Å². The summed E-state index contributed by atoms with van der Waals surface area (Å²) in [6.07, 6.45) is 1.81. The monoisotopic (exact) mass is 366 g/mol. The van der Waals surface area contributed by atoms with Gasteiger partial charge < -0.3 is 10.2 Å². The number of carbonyl (C=O) groups is 2. The molecular formula is C21H22N2O2S. The Balaban J connectivity index is 1.38. The standard InChI is InChI=1S/C21H22N2O2S/c1-14(11-12-15-7-3-2-4-8-15)22-19(24)18-13-26-21-17-10-6-5-9-16(17)20(25)23(18)21/h2-10,14,18,21H,11-13H2,1H3,(H,22,24)/t14?,18-,21?/m0/s1. The van der Waals surface area contributed by atoms with Crippen LogP contribution in [0.4, 0.5) is 0 Å². The molecule has 0 aliphatic carbocycles. The van der Waals surface area contributed by atoms with Gasteiger partial charge in [0.1, 0.15) is 11.4 Å². The van der Waals surface area contributed by atoms with Gasteiger partial charge in [0.15, 0.2) is 0 Å². The van der Waals surface area contributed by atoms with E-state index in [9.17, 15) is 9.59 Å². The SMILES string of the molecule is CC(CCc1ccccc1)NC(=O)[C@@H]1CSC2c3ccccc3C(=O)N21. The highest BCUT2D eigenvalue weighted by Crippen LogP contribution is 2.48. The van der Waals surface area contributed by atoms with Crippen LogP contribution >= 0.6 is 11.8 Å². The Morgan fingerprint density at radius 3 is 2.73 bits per heavy atom. The zero-order chi connectivity index (χ0) is 18.1. The van der Waals surface area contributed by atoms with E-state index in [0.717, 1.165) is 24.0 Å². The van der Waals surface area contributed by atoms with Gasteiger partial charge in [-0.3, -0.25) is 9.59 Å². The van der Waals surface area contributed by atoms with Crippen molar-refractivity contribution < 1.29 is 9.59 Å². The molecule has 1 saturated heterocycles. The minimum Gasteiger partial charge on any atom is -0.352 e. The summed E-state index contributed by atoms with van der Waals surface area (Å²) in [5.74, 6) is 0.594. The molecule has 2 unspecified atom stereocenters. The normalized spacial score (nSPS) is 22.0. The molecule has 4 rings (SSSR count). The van der Waals surface area contributed by atoms with Crippen LogP contribution in [0.25, 0.3) is 0 Å². The van der Waals surface area contributed by atoms with Crippen LogP contribution in [0.5, 0.6) is 0 Å². The van der Waals surface area contributed by atoms with Crippen LogP contribution < -0.4 is 5.32 Å². The average molecular weight is 366 g/mol. The molecule has 1 N–H and O–H groups in total. The summed E-state index contributed by atoms with van der Waals surface area (Å²) in [5.41, 5.74) is 3.05. The van der Waals surface area contributed by atoms with Crippen molar-refractivity contribution in [2.75, 3.05) is 5.75 Å². The molecule has 0 bridgehead atoms. The fraction of sp³-hybridized carbons (Fsp3) is 0.333. The molecule has 0 spiro atoms. The molecule has 3 atom stereocenters. The maximum atomic E-state index is 12.8. The van der Waals surface area contributed by atoms with Crippen LogP contribution in [0.15, 0.2) is 54.6 Å². The van der Waals surface area contributed by atoms with Crippen molar-refractivity contribution in [3.05, 3.63) is 71.3 Å². The summed E-state index contributed by atoms with van der Waals surface area (Å²) in [7, 11) is 0. The number of fused-ring (bicyclic) bond motifs is 3. The van der Waals surface area contributed by atoms with Crippen molar-refractivity contribution in [3.63, 3.8) is 0 Å². The largest absolute Gasteiger partial charge is 0.352 e. The number of nitrogens with one attached hydrogen (secondary N) is 1. The minimum absolute atomic E-state index is 0.0194. The van der Waals surface area contributed by atoms with E-state index in [4.69, 9.17) is 0 Å². The molecule has 5 heteroatoms. The number of aryl methyl sites for hydroxylation is 1. The van der Waals surface area contributed by atoms with E-state index in [0.29, 0.717) is 5.75 Å². The molecule has 2 heterocycles. The van der Waals surface area contributed by atoms with E-state index >= 15 is 0 Å². The molecule has 2 aliphatic rings. The number of hydrogen-bond acceptors (Lipinski definition) is 3. The van der Waals surface area contributed by atoms with E-state index in [1.807, 2.05) is 49.4 Å². The second kappa shape index (κ2) is 7.16. The van der Waals surface area contributed by atoms with Gasteiger partial charge >= 0.3 is 0 Å². The molecule has 2 aromatic rings. The Morgan fingerprint density at radius 2 is 1.92 bits per heavy atom. The van der Waals surface area contributed by atoms with Gasteiger partial charge in [0, 0.05) is 17.4 Å². The summed E-state index contributed by atoms with van der Waals surface area (Å²) in [6.45, 7) is 2.03. The third kappa shape index (κ3) is 3.12. The zero-order valence-corrected chi connectivity index (χ0v) is 15.5. The highest BCUT2D eigenvalue weighted by Gasteiger charge is 2.48. The number of thioether (sulfide) groups is 1. The Hall–Kier alpha value is -2.27. The predicted octanol–water partition coefficient (Wildman–Crippen LogP) is 3.39. The second-order valence-electron chi connectivity index (χ2n) is 6.94. The topological polar surface area (TPSA) is 49.4 Å². The molecule has 0 saturated carbocycles. The molecular weight excluding hydrogens is 344 g/mol. The summed E-state index contributed by atoms with van der Waals surface area (Å²) in [6, 6.07) is 17.7. The van der Waals surface area contributed by atoms with E-state index in [2.05, 4.69) is 17.4 Å². The Bertz CT molecular complexity index is 824. The lowest BCUT2D eigenvalue weighted by atomic mass is 10.1. The Labute approximate surface area is 158 Å². The number of benzene rings is 2. The number of nitrogens with zero attached hydrogens (tertiary/aromatic N) is 1. The lowest BCUT2D eigenvalue weighted by Gasteiger charge is -2.24. The van der Waals surface area contributed by atoms with Crippen LogP contribution in [0.2, 0.25) is 0 Å². The van der Waals surface area contributed by atoms with Gasteiger partial charge in [0.05, 0.1) is 0 Å². The van der Waals surface area contributed by atoms with Gasteiger partial charge in [-0.2, -0.15) is 0 Å². The van der Waals surface area contributed by atoms with Gasteiger partial charge in [-0.05, 0) is 37.0 Å². The van der Waals surface area contributed by atoms with E-state index in [1.54, 1.807) is 16.7 Å². The van der Waals surface area contributed by atoms with Gasteiger partial charge in [0.2, 0.25) is 5.91 Å². The highest BCUT2D eigenvalue weighted by atomic mass is 32.2. The second-order valence-corrected chi connectivity index (χ2v) is 8.05. The first-order valence-electron chi connectivity index (χ1n) is 9.02. The van der Waals surface area contributed by atoms with Crippen molar-refractivity contribution in [2.24, 2.45) is 0 Å². The molecule has 26 heavy (non-hydrogen) atoms. The van der Waals surface area contributed by atoms with E-state index in [1.165, 1.54) is 5.56 Å². The summed E-state index contributed by atoms with van der Waals surface area (Å²) in [5, 5.41) is 3.09. The van der Waals surface area contributed by atoms with Crippen LogP contribution in [0, 0.1) is 0 Å². The van der Waals surface area contributed by atoms with Crippen molar-refractivity contribution >= 4 is 23.6 Å². The Morgan fingerprint density at radius 1 is 1.19 bits per heavy atom. The van der Waals surface area contributed by atoms with Gasteiger partial charge in [-0.15, -0.1) is 11.8 Å². The molecule has 2 amide bonds. The molecule has 0 aromatic heterocycles. The first-order valence-corrected chi connectivity index (χ1v) is 10.1. The summed E-state index contributed by atoms with van der Waals surface area (Å²) < 4.78 is 0. The van der Waals surface area contributed by atoms with Crippen LogP contribution in [0.1, 0.15) is 40.2 Å². The quantitative estimate of drug-likeness (QED) is 0.882. The molecule has 134 valence electrons. The molecule has 2 aliphatic heterocycles. The third-order valence-corrected chi connectivity index (χ3v) is 6.40. The highest BCUT2D eigenvalue weighted by molar-refractivity contribution is 7.99. The summed E-state index contributed by atoms with van der Waals surface area (Å²) in [4.78, 5) is 27.3. The van der Waals surface area contributed by atoms with Crippen molar-refractivity contribution in [2.45, 2.75) is 37.2 Å². The number of hydrogen-bond donors (Lipinski definition) is 1. The fourth-order valence-electron chi connectivity index (χ4n) is 3.68. The van der Waals surface area contributed by atoms with Crippen molar-refractivity contribution in [1.29, 1.82) is 0 Å². The maximum Gasteiger partial charge on any atom is 0.256 e. The summed E-state index contributed by atoms with van der Waals surface area (Å²) >= 11 is 1.68.